The van der Waals surface area contributed by atoms with Gasteiger partial charge in [0.05, 0.1) is 6.04 Å². The maximum Gasteiger partial charge on any atom is 0.241 e. The molecule has 0 saturated carbocycles. The molecule has 0 bridgehead atoms. The first-order chi connectivity index (χ1) is 11.5. The molecule has 0 spiro atoms. The van der Waals surface area contributed by atoms with E-state index in [1.54, 1.807) is 12.1 Å². The fourth-order valence-electron chi connectivity index (χ4n) is 2.19. The molecule has 128 valence electrons. The van der Waals surface area contributed by atoms with E-state index >= 15 is 0 Å². The molecule has 0 radical (unpaired) electrons. The van der Waals surface area contributed by atoms with Gasteiger partial charge in [0.25, 0.3) is 0 Å². The summed E-state index contributed by atoms with van der Waals surface area (Å²) >= 11 is 0. The number of para-hydroxylation sites is 1. The van der Waals surface area contributed by atoms with Crippen molar-refractivity contribution in [1.82, 2.24) is 4.90 Å². The number of benzene rings is 2. The molecule has 1 amide bonds. The molecule has 0 aliphatic heterocycles. The number of rotatable bonds is 7. The zero-order chi connectivity index (χ0) is 17.5. The van der Waals surface area contributed by atoms with Crippen molar-refractivity contribution >= 4 is 11.6 Å². The zero-order valence-corrected chi connectivity index (χ0v) is 14.3. The third-order valence-electron chi connectivity index (χ3n) is 3.95. The van der Waals surface area contributed by atoms with Crippen LogP contribution in [0, 0.1) is 12.7 Å². The number of hydrogen-bond donors (Lipinski definition) is 1. The maximum atomic E-state index is 12.9. The first-order valence-electron chi connectivity index (χ1n) is 7.92. The monoisotopic (exact) mass is 330 g/mol. The number of nitrogens with zero attached hydrogens (tertiary/aromatic N) is 1. The Bertz CT molecular complexity index is 673. The van der Waals surface area contributed by atoms with Crippen LogP contribution in [0.2, 0.25) is 0 Å². The SMILES string of the molecule is Cc1ccccc1OCCN(C)C(C)C(=O)Nc1ccc(F)cc1. The number of halogens is 1. The Morgan fingerprint density at radius 1 is 1.21 bits per heavy atom. The summed E-state index contributed by atoms with van der Waals surface area (Å²) in [5, 5.41) is 2.78. The molecule has 2 rings (SSSR count). The van der Waals surface area contributed by atoms with Crippen LogP contribution in [0.4, 0.5) is 10.1 Å². The van der Waals surface area contributed by atoms with Gasteiger partial charge in [0, 0.05) is 12.2 Å². The highest BCUT2D eigenvalue weighted by atomic mass is 19.1. The number of likely N-dealkylation sites (N-methyl/N-ethyl adjacent to an activating group) is 1. The maximum absolute atomic E-state index is 12.9. The van der Waals surface area contributed by atoms with E-state index in [-0.39, 0.29) is 17.8 Å². The third kappa shape index (κ3) is 5.06. The smallest absolute Gasteiger partial charge is 0.241 e. The van der Waals surface area contributed by atoms with Crippen LogP contribution in [0.25, 0.3) is 0 Å². The van der Waals surface area contributed by atoms with Crippen molar-refractivity contribution in [2.24, 2.45) is 0 Å². The number of carbonyl (C=O) groups is 1. The van der Waals surface area contributed by atoms with Crippen molar-refractivity contribution in [3.63, 3.8) is 0 Å². The van der Waals surface area contributed by atoms with Gasteiger partial charge in [-0.05, 0) is 56.8 Å². The number of hydrogen-bond acceptors (Lipinski definition) is 3. The Labute approximate surface area is 142 Å². The van der Waals surface area contributed by atoms with Gasteiger partial charge in [-0.1, -0.05) is 18.2 Å². The highest BCUT2D eigenvalue weighted by Crippen LogP contribution is 2.16. The van der Waals surface area contributed by atoms with E-state index in [0.29, 0.717) is 18.8 Å². The highest BCUT2D eigenvalue weighted by molar-refractivity contribution is 5.94. The second-order valence-corrected chi connectivity index (χ2v) is 5.77. The van der Waals surface area contributed by atoms with E-state index in [1.165, 1.54) is 12.1 Å². The van der Waals surface area contributed by atoms with Gasteiger partial charge in [-0.15, -0.1) is 0 Å². The van der Waals surface area contributed by atoms with Gasteiger partial charge in [0.15, 0.2) is 0 Å². The number of carbonyl (C=O) groups excluding carboxylic acids is 1. The predicted molar refractivity (Wildman–Crippen MR) is 93.8 cm³/mol. The number of anilines is 1. The van der Waals surface area contributed by atoms with Gasteiger partial charge in [0.1, 0.15) is 18.2 Å². The van der Waals surface area contributed by atoms with Crippen LogP contribution < -0.4 is 10.1 Å². The molecule has 0 heterocycles. The molecule has 0 saturated heterocycles. The van der Waals surface area contributed by atoms with Crippen LogP contribution in [0.3, 0.4) is 0 Å². The summed E-state index contributed by atoms with van der Waals surface area (Å²) in [6.07, 6.45) is 0. The summed E-state index contributed by atoms with van der Waals surface area (Å²) in [5.74, 6) is 0.390. The lowest BCUT2D eigenvalue weighted by Crippen LogP contribution is -2.41. The molecule has 2 aromatic carbocycles. The second-order valence-electron chi connectivity index (χ2n) is 5.77. The summed E-state index contributed by atoms with van der Waals surface area (Å²) in [4.78, 5) is 14.2. The standard InChI is InChI=1S/C19H23FN2O2/c1-14-6-4-5-7-18(14)24-13-12-22(3)15(2)19(23)21-17-10-8-16(20)9-11-17/h4-11,15H,12-13H2,1-3H3,(H,21,23). The number of aryl methyl sites for hydroxylation is 1. The first kappa shape index (κ1) is 17.9. The minimum atomic E-state index is -0.327. The van der Waals surface area contributed by atoms with Crippen LogP contribution in [0.1, 0.15) is 12.5 Å². The molecule has 24 heavy (non-hydrogen) atoms. The van der Waals surface area contributed by atoms with E-state index < -0.39 is 0 Å². The van der Waals surface area contributed by atoms with Crippen LogP contribution in [0.5, 0.6) is 5.75 Å². The van der Waals surface area contributed by atoms with Gasteiger partial charge < -0.3 is 10.1 Å². The fourth-order valence-corrected chi connectivity index (χ4v) is 2.19. The zero-order valence-electron chi connectivity index (χ0n) is 14.3. The molecule has 5 heteroatoms. The second kappa shape index (κ2) is 8.45. The molecule has 1 unspecified atom stereocenters. The molecule has 0 aliphatic carbocycles. The van der Waals surface area contributed by atoms with Crippen molar-refractivity contribution in [1.29, 1.82) is 0 Å². The van der Waals surface area contributed by atoms with E-state index in [1.807, 2.05) is 50.1 Å². The summed E-state index contributed by atoms with van der Waals surface area (Å²) in [6.45, 7) is 4.94. The molecule has 0 fully saturated rings. The van der Waals surface area contributed by atoms with Gasteiger partial charge >= 0.3 is 0 Å². The Morgan fingerprint density at radius 2 is 1.88 bits per heavy atom. The van der Waals surface area contributed by atoms with Gasteiger partial charge in [0.2, 0.25) is 5.91 Å². The van der Waals surface area contributed by atoms with Crippen molar-refractivity contribution in [3.05, 3.63) is 59.9 Å². The topological polar surface area (TPSA) is 41.6 Å². The quantitative estimate of drug-likeness (QED) is 0.845. The van der Waals surface area contributed by atoms with Crippen molar-refractivity contribution < 1.29 is 13.9 Å². The Morgan fingerprint density at radius 3 is 2.54 bits per heavy atom. The number of ether oxygens (including phenoxy) is 1. The van der Waals surface area contributed by atoms with Crippen LogP contribution in [-0.2, 0) is 4.79 Å². The normalized spacial score (nSPS) is 12.0. The molecule has 0 aromatic heterocycles. The molecular formula is C19H23FN2O2. The van der Waals surface area contributed by atoms with Crippen molar-refractivity contribution in [3.8, 4) is 5.75 Å². The van der Waals surface area contributed by atoms with Gasteiger partial charge in [-0.3, -0.25) is 9.69 Å². The minimum absolute atomic E-state index is 0.139. The molecule has 1 N–H and O–H groups in total. The number of nitrogens with one attached hydrogen (secondary N) is 1. The van der Waals surface area contributed by atoms with E-state index in [2.05, 4.69) is 5.32 Å². The Hall–Kier alpha value is -2.40. The lowest BCUT2D eigenvalue weighted by molar-refractivity contribution is -0.120. The van der Waals surface area contributed by atoms with E-state index in [9.17, 15) is 9.18 Å². The molecule has 4 nitrogen and oxygen atoms in total. The van der Waals surface area contributed by atoms with Crippen LogP contribution in [0.15, 0.2) is 48.5 Å². The Kier molecular flexibility index (Phi) is 6.32. The average molecular weight is 330 g/mol. The Balaban J connectivity index is 1.80. The minimum Gasteiger partial charge on any atom is -0.492 e. The lowest BCUT2D eigenvalue weighted by Gasteiger charge is -2.24. The lowest BCUT2D eigenvalue weighted by atomic mass is 10.2. The fraction of sp³-hybridized carbons (Fsp3) is 0.316. The van der Waals surface area contributed by atoms with E-state index in [0.717, 1.165) is 11.3 Å². The van der Waals surface area contributed by atoms with Crippen LogP contribution in [-0.4, -0.2) is 37.0 Å². The predicted octanol–water partition coefficient (Wildman–Crippen LogP) is 3.47. The molecule has 2 aromatic rings. The van der Waals surface area contributed by atoms with Gasteiger partial charge in [-0.2, -0.15) is 0 Å². The molecular weight excluding hydrogens is 307 g/mol. The number of amides is 1. The van der Waals surface area contributed by atoms with E-state index in [4.69, 9.17) is 4.74 Å². The average Bonchev–Trinajstić information content (AvgIpc) is 2.57. The molecule has 0 aliphatic rings. The summed E-state index contributed by atoms with van der Waals surface area (Å²) < 4.78 is 18.6. The largest absolute Gasteiger partial charge is 0.492 e. The van der Waals surface area contributed by atoms with Gasteiger partial charge in [-0.25, -0.2) is 4.39 Å². The summed E-state index contributed by atoms with van der Waals surface area (Å²) in [5.41, 5.74) is 1.67. The first-order valence-corrected chi connectivity index (χ1v) is 7.92. The van der Waals surface area contributed by atoms with Crippen molar-refractivity contribution in [2.45, 2.75) is 19.9 Å². The summed E-state index contributed by atoms with van der Waals surface area (Å²) in [6, 6.07) is 13.2. The van der Waals surface area contributed by atoms with Crippen molar-refractivity contribution in [2.75, 3.05) is 25.5 Å². The molecule has 1 atom stereocenters. The highest BCUT2D eigenvalue weighted by Gasteiger charge is 2.18. The third-order valence-corrected chi connectivity index (χ3v) is 3.95. The van der Waals surface area contributed by atoms with Crippen LogP contribution >= 0.6 is 0 Å². The summed E-state index contributed by atoms with van der Waals surface area (Å²) in [7, 11) is 1.87.